The zero-order valence-electron chi connectivity index (χ0n) is 12.0. The van der Waals surface area contributed by atoms with Gasteiger partial charge in [0.05, 0.1) is 12.7 Å². The number of nitrogens with one attached hydrogen (secondary N) is 1. The van der Waals surface area contributed by atoms with E-state index in [1.54, 1.807) is 14.2 Å². The van der Waals surface area contributed by atoms with Crippen molar-refractivity contribution in [1.29, 1.82) is 0 Å². The van der Waals surface area contributed by atoms with Crippen molar-refractivity contribution < 1.29 is 9.47 Å². The van der Waals surface area contributed by atoms with Gasteiger partial charge in [0.15, 0.2) is 0 Å². The van der Waals surface area contributed by atoms with Crippen LogP contribution in [0.5, 0.6) is 0 Å². The molecule has 4 nitrogen and oxygen atoms in total. The van der Waals surface area contributed by atoms with Crippen molar-refractivity contribution >= 4 is 0 Å². The Labute approximate surface area is 112 Å². The van der Waals surface area contributed by atoms with Crippen molar-refractivity contribution in [2.24, 2.45) is 11.1 Å². The van der Waals surface area contributed by atoms with Crippen LogP contribution in [0.2, 0.25) is 0 Å². The fourth-order valence-corrected chi connectivity index (χ4v) is 2.83. The standard InChI is InChI=1S/C14H30N2O2/c1-17-10-13(18-2)9-16-12-14(11-15)7-5-3-4-6-8-14/h13,16H,3-12,15H2,1-2H3. The van der Waals surface area contributed by atoms with Crippen molar-refractivity contribution in [3.63, 3.8) is 0 Å². The first-order valence-electron chi connectivity index (χ1n) is 7.19. The molecule has 0 amide bonds. The normalized spacial score (nSPS) is 21.5. The van der Waals surface area contributed by atoms with E-state index in [2.05, 4.69) is 5.32 Å². The summed E-state index contributed by atoms with van der Waals surface area (Å²) >= 11 is 0. The molecule has 0 radical (unpaired) electrons. The van der Waals surface area contributed by atoms with Gasteiger partial charge in [0, 0.05) is 27.3 Å². The van der Waals surface area contributed by atoms with Crippen LogP contribution in [0, 0.1) is 5.41 Å². The first kappa shape index (κ1) is 15.9. The molecule has 18 heavy (non-hydrogen) atoms. The molecule has 1 atom stereocenters. The topological polar surface area (TPSA) is 56.5 Å². The van der Waals surface area contributed by atoms with Gasteiger partial charge in [0.25, 0.3) is 0 Å². The summed E-state index contributed by atoms with van der Waals surface area (Å²) < 4.78 is 10.5. The number of methoxy groups -OCH3 is 2. The van der Waals surface area contributed by atoms with Gasteiger partial charge in [-0.2, -0.15) is 0 Å². The van der Waals surface area contributed by atoms with Crippen LogP contribution in [0.3, 0.4) is 0 Å². The quantitative estimate of drug-likeness (QED) is 0.648. The average molecular weight is 258 g/mol. The van der Waals surface area contributed by atoms with Crippen molar-refractivity contribution in [2.75, 3.05) is 40.5 Å². The Balaban J connectivity index is 2.33. The highest BCUT2D eigenvalue weighted by Gasteiger charge is 2.29. The first-order valence-corrected chi connectivity index (χ1v) is 7.19. The second-order valence-electron chi connectivity index (χ2n) is 5.56. The van der Waals surface area contributed by atoms with E-state index in [0.29, 0.717) is 12.0 Å². The second-order valence-corrected chi connectivity index (χ2v) is 5.56. The van der Waals surface area contributed by atoms with Gasteiger partial charge < -0.3 is 20.5 Å². The molecule has 1 aliphatic carbocycles. The lowest BCUT2D eigenvalue weighted by molar-refractivity contribution is 0.0270. The molecule has 108 valence electrons. The minimum Gasteiger partial charge on any atom is -0.382 e. The molecule has 1 saturated carbocycles. The number of rotatable bonds is 8. The van der Waals surface area contributed by atoms with Crippen LogP contribution in [-0.2, 0) is 9.47 Å². The Morgan fingerprint density at radius 2 is 1.83 bits per heavy atom. The van der Waals surface area contributed by atoms with Crippen LogP contribution in [0.15, 0.2) is 0 Å². The summed E-state index contributed by atoms with van der Waals surface area (Å²) in [5.74, 6) is 0. The van der Waals surface area contributed by atoms with Crippen molar-refractivity contribution in [1.82, 2.24) is 5.32 Å². The van der Waals surface area contributed by atoms with Crippen LogP contribution in [-0.4, -0.2) is 46.6 Å². The van der Waals surface area contributed by atoms with Crippen LogP contribution in [0.4, 0.5) is 0 Å². The number of hydrogen-bond donors (Lipinski definition) is 2. The third-order valence-electron chi connectivity index (χ3n) is 4.16. The summed E-state index contributed by atoms with van der Waals surface area (Å²) in [7, 11) is 3.44. The smallest absolute Gasteiger partial charge is 0.0928 e. The highest BCUT2D eigenvalue weighted by molar-refractivity contribution is 4.85. The summed E-state index contributed by atoms with van der Waals surface area (Å²) in [5, 5.41) is 3.53. The van der Waals surface area contributed by atoms with Crippen LogP contribution >= 0.6 is 0 Å². The maximum absolute atomic E-state index is 6.02. The minimum atomic E-state index is 0.135. The van der Waals surface area contributed by atoms with Gasteiger partial charge in [-0.3, -0.25) is 0 Å². The Bertz CT molecular complexity index is 204. The molecule has 0 spiro atoms. The lowest BCUT2D eigenvalue weighted by atomic mass is 9.80. The number of ether oxygens (including phenoxy) is 2. The van der Waals surface area contributed by atoms with Gasteiger partial charge in [-0.1, -0.05) is 25.7 Å². The van der Waals surface area contributed by atoms with Crippen molar-refractivity contribution in [3.05, 3.63) is 0 Å². The summed E-state index contributed by atoms with van der Waals surface area (Å²) in [6, 6.07) is 0. The zero-order valence-corrected chi connectivity index (χ0v) is 12.0. The van der Waals surface area contributed by atoms with Crippen LogP contribution in [0.1, 0.15) is 38.5 Å². The van der Waals surface area contributed by atoms with Crippen LogP contribution in [0.25, 0.3) is 0 Å². The zero-order chi connectivity index (χ0) is 13.3. The van der Waals surface area contributed by atoms with E-state index in [4.69, 9.17) is 15.2 Å². The van der Waals surface area contributed by atoms with E-state index in [1.807, 2.05) is 0 Å². The van der Waals surface area contributed by atoms with E-state index in [9.17, 15) is 0 Å². The Kier molecular flexibility index (Phi) is 7.82. The van der Waals surface area contributed by atoms with Crippen molar-refractivity contribution in [2.45, 2.75) is 44.6 Å². The number of hydrogen-bond acceptors (Lipinski definition) is 4. The third-order valence-corrected chi connectivity index (χ3v) is 4.16. The van der Waals surface area contributed by atoms with E-state index in [0.717, 1.165) is 19.6 Å². The van der Waals surface area contributed by atoms with Gasteiger partial charge in [-0.05, 0) is 24.8 Å². The molecule has 4 heteroatoms. The maximum atomic E-state index is 6.02. The molecular formula is C14H30N2O2. The molecule has 1 rings (SSSR count). The van der Waals surface area contributed by atoms with E-state index in [1.165, 1.54) is 38.5 Å². The molecule has 0 aromatic carbocycles. The predicted octanol–water partition coefficient (Wildman–Crippen LogP) is 1.54. The molecule has 0 aromatic rings. The molecule has 1 unspecified atom stereocenters. The lowest BCUT2D eigenvalue weighted by Gasteiger charge is -2.32. The molecule has 0 heterocycles. The van der Waals surface area contributed by atoms with Gasteiger partial charge >= 0.3 is 0 Å². The third kappa shape index (κ3) is 5.22. The molecule has 0 aliphatic heterocycles. The van der Waals surface area contributed by atoms with E-state index < -0.39 is 0 Å². The lowest BCUT2D eigenvalue weighted by Crippen LogP contribution is -2.43. The molecule has 0 saturated heterocycles. The highest BCUT2D eigenvalue weighted by Crippen LogP contribution is 2.33. The predicted molar refractivity (Wildman–Crippen MR) is 74.7 cm³/mol. The van der Waals surface area contributed by atoms with Gasteiger partial charge in [0.2, 0.25) is 0 Å². The molecule has 3 N–H and O–H groups in total. The Morgan fingerprint density at radius 1 is 1.17 bits per heavy atom. The molecule has 1 fully saturated rings. The summed E-state index contributed by atoms with van der Waals surface area (Å²) in [5.41, 5.74) is 6.33. The Hall–Kier alpha value is -0.160. The minimum absolute atomic E-state index is 0.135. The van der Waals surface area contributed by atoms with E-state index in [-0.39, 0.29) is 6.10 Å². The van der Waals surface area contributed by atoms with Gasteiger partial charge in [-0.25, -0.2) is 0 Å². The fourth-order valence-electron chi connectivity index (χ4n) is 2.83. The van der Waals surface area contributed by atoms with E-state index >= 15 is 0 Å². The van der Waals surface area contributed by atoms with Crippen LogP contribution < -0.4 is 11.1 Å². The highest BCUT2D eigenvalue weighted by atomic mass is 16.5. The summed E-state index contributed by atoms with van der Waals surface area (Å²) in [4.78, 5) is 0. The summed E-state index contributed by atoms with van der Waals surface area (Å²) in [6.07, 6.45) is 8.04. The average Bonchev–Trinajstić information content (AvgIpc) is 2.64. The largest absolute Gasteiger partial charge is 0.382 e. The first-order chi connectivity index (χ1) is 8.76. The van der Waals surface area contributed by atoms with Crippen molar-refractivity contribution in [3.8, 4) is 0 Å². The molecular weight excluding hydrogens is 228 g/mol. The Morgan fingerprint density at radius 3 is 2.33 bits per heavy atom. The fraction of sp³-hybridized carbons (Fsp3) is 1.00. The number of nitrogens with two attached hydrogens (primary N) is 1. The maximum Gasteiger partial charge on any atom is 0.0928 e. The second kappa shape index (κ2) is 8.86. The molecule has 0 bridgehead atoms. The summed E-state index contributed by atoms with van der Waals surface area (Å²) in [6.45, 7) is 3.28. The monoisotopic (exact) mass is 258 g/mol. The molecule has 0 aromatic heterocycles. The van der Waals surface area contributed by atoms with Gasteiger partial charge in [-0.15, -0.1) is 0 Å². The molecule has 1 aliphatic rings. The SMILES string of the molecule is COCC(CNCC1(CN)CCCCCC1)OC. The van der Waals surface area contributed by atoms with Gasteiger partial charge in [0.1, 0.15) is 0 Å².